The first-order valence-corrected chi connectivity index (χ1v) is 4.81. The fraction of sp³-hybridized carbons (Fsp3) is 0.182. The summed E-state index contributed by atoms with van der Waals surface area (Å²) in [7, 11) is 0. The number of hydrogen-bond donors (Lipinski definition) is 0. The van der Waals surface area contributed by atoms with Crippen molar-refractivity contribution >= 4 is 15.9 Å². The van der Waals surface area contributed by atoms with Crippen LogP contribution in [0.5, 0.6) is 0 Å². The minimum atomic E-state index is -0.0897. The third-order valence-electron chi connectivity index (χ3n) is 1.78. The molecule has 1 aromatic rings. The molecular formula is C11H10BrN. The molecule has 1 atom stereocenters. The van der Waals surface area contributed by atoms with Crippen LogP contribution < -0.4 is 0 Å². The van der Waals surface area contributed by atoms with Crippen molar-refractivity contribution < 1.29 is 0 Å². The van der Waals surface area contributed by atoms with Gasteiger partial charge in [-0.05, 0) is 16.5 Å². The SMILES string of the molecule is C=C(Br)C[C@@H](C#N)c1ccccc1. The minimum Gasteiger partial charge on any atom is -0.198 e. The van der Waals surface area contributed by atoms with Crippen LogP contribution in [0.2, 0.25) is 0 Å². The third-order valence-corrected chi connectivity index (χ3v) is 2.11. The third kappa shape index (κ3) is 3.04. The lowest BCUT2D eigenvalue weighted by Gasteiger charge is -2.07. The van der Waals surface area contributed by atoms with Crippen molar-refractivity contribution in [3.05, 3.63) is 47.0 Å². The highest BCUT2D eigenvalue weighted by Gasteiger charge is 2.09. The fourth-order valence-corrected chi connectivity index (χ4v) is 1.47. The number of allylic oxidation sites excluding steroid dienone is 1. The zero-order valence-corrected chi connectivity index (χ0v) is 8.79. The average Bonchev–Trinajstić information content (AvgIpc) is 2.15. The second kappa shape index (κ2) is 4.84. The maximum absolute atomic E-state index is 8.92. The first kappa shape index (κ1) is 10.0. The van der Waals surface area contributed by atoms with Gasteiger partial charge in [0.25, 0.3) is 0 Å². The predicted octanol–water partition coefficient (Wildman–Crippen LogP) is 3.59. The standard InChI is InChI=1S/C11H10BrN/c1-9(12)7-11(8-13)10-5-3-2-4-6-10/h2-6,11H,1,7H2/t11-/m0/s1. The summed E-state index contributed by atoms with van der Waals surface area (Å²) >= 11 is 3.27. The second-order valence-corrected chi connectivity index (χ2v) is 3.94. The molecule has 0 amide bonds. The Morgan fingerprint density at radius 1 is 1.46 bits per heavy atom. The van der Waals surface area contributed by atoms with Crippen molar-refractivity contribution in [2.75, 3.05) is 0 Å². The molecule has 66 valence electrons. The normalized spacial score (nSPS) is 11.7. The van der Waals surface area contributed by atoms with E-state index in [4.69, 9.17) is 5.26 Å². The molecule has 0 saturated carbocycles. The smallest absolute Gasteiger partial charge is 0.0757 e. The van der Waals surface area contributed by atoms with Crippen LogP contribution in [0, 0.1) is 11.3 Å². The molecule has 0 saturated heterocycles. The largest absolute Gasteiger partial charge is 0.198 e. The van der Waals surface area contributed by atoms with Crippen molar-refractivity contribution in [3.8, 4) is 6.07 Å². The quantitative estimate of drug-likeness (QED) is 0.786. The molecule has 0 aliphatic rings. The zero-order valence-electron chi connectivity index (χ0n) is 7.20. The van der Waals surface area contributed by atoms with Gasteiger partial charge < -0.3 is 0 Å². The van der Waals surface area contributed by atoms with Crippen LogP contribution in [0.4, 0.5) is 0 Å². The molecule has 0 aromatic heterocycles. The molecular weight excluding hydrogens is 226 g/mol. The summed E-state index contributed by atoms with van der Waals surface area (Å²) in [5, 5.41) is 8.92. The Kier molecular flexibility index (Phi) is 3.72. The number of halogens is 1. The van der Waals surface area contributed by atoms with Crippen molar-refractivity contribution in [3.63, 3.8) is 0 Å². The molecule has 0 aliphatic heterocycles. The van der Waals surface area contributed by atoms with Gasteiger partial charge in [0.05, 0.1) is 12.0 Å². The first-order valence-electron chi connectivity index (χ1n) is 4.02. The molecule has 1 rings (SSSR count). The summed E-state index contributed by atoms with van der Waals surface area (Å²) in [5.41, 5.74) is 1.05. The highest BCUT2D eigenvalue weighted by atomic mass is 79.9. The number of nitriles is 1. The van der Waals surface area contributed by atoms with Crippen molar-refractivity contribution in [2.45, 2.75) is 12.3 Å². The molecule has 0 aliphatic carbocycles. The molecule has 0 heterocycles. The lowest BCUT2D eigenvalue weighted by molar-refractivity contribution is 0.873. The van der Waals surface area contributed by atoms with Gasteiger partial charge in [0, 0.05) is 0 Å². The molecule has 0 N–H and O–H groups in total. The van der Waals surface area contributed by atoms with E-state index in [1.165, 1.54) is 0 Å². The molecule has 0 bridgehead atoms. The van der Waals surface area contributed by atoms with E-state index < -0.39 is 0 Å². The number of rotatable bonds is 3. The molecule has 0 radical (unpaired) electrons. The summed E-state index contributed by atoms with van der Waals surface area (Å²) < 4.78 is 0.864. The van der Waals surface area contributed by atoms with E-state index in [9.17, 15) is 0 Å². The van der Waals surface area contributed by atoms with Gasteiger partial charge in [-0.1, -0.05) is 52.8 Å². The van der Waals surface area contributed by atoms with Gasteiger partial charge in [0.1, 0.15) is 0 Å². The van der Waals surface area contributed by atoms with E-state index in [1.54, 1.807) is 0 Å². The Hall–Kier alpha value is -1.07. The van der Waals surface area contributed by atoms with Gasteiger partial charge in [-0.3, -0.25) is 0 Å². The summed E-state index contributed by atoms with van der Waals surface area (Å²) in [5.74, 6) is -0.0897. The summed E-state index contributed by atoms with van der Waals surface area (Å²) in [6, 6.07) is 12.0. The van der Waals surface area contributed by atoms with Gasteiger partial charge in [-0.2, -0.15) is 5.26 Å². The summed E-state index contributed by atoms with van der Waals surface area (Å²) in [6.45, 7) is 3.73. The maximum Gasteiger partial charge on any atom is 0.0757 e. The predicted molar refractivity (Wildman–Crippen MR) is 57.5 cm³/mol. The molecule has 1 nitrogen and oxygen atoms in total. The second-order valence-electron chi connectivity index (χ2n) is 2.81. The van der Waals surface area contributed by atoms with E-state index in [1.807, 2.05) is 30.3 Å². The van der Waals surface area contributed by atoms with Crippen LogP contribution in [0.3, 0.4) is 0 Å². The molecule has 0 unspecified atom stereocenters. The van der Waals surface area contributed by atoms with E-state index in [2.05, 4.69) is 28.6 Å². The number of hydrogen-bond acceptors (Lipinski definition) is 1. The fourth-order valence-electron chi connectivity index (χ4n) is 1.14. The monoisotopic (exact) mass is 235 g/mol. The van der Waals surface area contributed by atoms with Crippen molar-refractivity contribution in [1.29, 1.82) is 5.26 Å². The molecule has 2 heteroatoms. The summed E-state index contributed by atoms with van der Waals surface area (Å²) in [4.78, 5) is 0. The molecule has 1 aromatic carbocycles. The van der Waals surface area contributed by atoms with Crippen LogP contribution in [0.1, 0.15) is 17.9 Å². The van der Waals surface area contributed by atoms with Gasteiger partial charge in [-0.15, -0.1) is 0 Å². The van der Waals surface area contributed by atoms with Crippen LogP contribution in [-0.2, 0) is 0 Å². The lowest BCUT2D eigenvalue weighted by Crippen LogP contribution is -1.94. The highest BCUT2D eigenvalue weighted by Crippen LogP contribution is 2.24. The summed E-state index contributed by atoms with van der Waals surface area (Å²) in [6.07, 6.45) is 0.667. The van der Waals surface area contributed by atoms with Gasteiger partial charge in [0.15, 0.2) is 0 Å². The molecule has 0 spiro atoms. The van der Waals surface area contributed by atoms with Gasteiger partial charge in [0.2, 0.25) is 0 Å². The first-order chi connectivity index (χ1) is 6.24. The van der Waals surface area contributed by atoms with E-state index in [-0.39, 0.29) is 5.92 Å². The Bertz CT molecular complexity index is 324. The zero-order chi connectivity index (χ0) is 9.68. The van der Waals surface area contributed by atoms with E-state index in [0.717, 1.165) is 10.0 Å². The van der Waals surface area contributed by atoms with Crippen molar-refractivity contribution in [2.24, 2.45) is 0 Å². The van der Waals surface area contributed by atoms with Crippen molar-refractivity contribution in [1.82, 2.24) is 0 Å². The minimum absolute atomic E-state index is 0.0897. The number of nitrogens with zero attached hydrogens (tertiary/aromatic N) is 1. The van der Waals surface area contributed by atoms with Crippen LogP contribution in [0.15, 0.2) is 41.4 Å². The van der Waals surface area contributed by atoms with Gasteiger partial charge in [-0.25, -0.2) is 0 Å². The molecule has 13 heavy (non-hydrogen) atoms. The van der Waals surface area contributed by atoms with Crippen LogP contribution in [-0.4, -0.2) is 0 Å². The van der Waals surface area contributed by atoms with E-state index in [0.29, 0.717) is 6.42 Å². The van der Waals surface area contributed by atoms with E-state index >= 15 is 0 Å². The Balaban J connectivity index is 2.80. The topological polar surface area (TPSA) is 23.8 Å². The Morgan fingerprint density at radius 3 is 2.54 bits per heavy atom. The van der Waals surface area contributed by atoms with Crippen LogP contribution >= 0.6 is 15.9 Å². The highest BCUT2D eigenvalue weighted by molar-refractivity contribution is 9.11. The Morgan fingerprint density at radius 2 is 2.08 bits per heavy atom. The number of benzene rings is 1. The Labute approximate surface area is 86.8 Å². The molecule has 0 fully saturated rings. The lowest BCUT2D eigenvalue weighted by atomic mass is 9.97. The maximum atomic E-state index is 8.92. The van der Waals surface area contributed by atoms with Gasteiger partial charge >= 0.3 is 0 Å². The average molecular weight is 236 g/mol. The van der Waals surface area contributed by atoms with Crippen LogP contribution in [0.25, 0.3) is 0 Å².